The molecular formula is C22H20ClN7O. The van der Waals surface area contributed by atoms with E-state index in [2.05, 4.69) is 20.4 Å². The third-order valence-corrected chi connectivity index (χ3v) is 5.57. The number of fused-ring (bicyclic) bond motifs is 2. The molecule has 1 N–H and O–H groups in total. The van der Waals surface area contributed by atoms with Crippen molar-refractivity contribution in [1.29, 1.82) is 0 Å². The minimum atomic E-state index is -0.205. The van der Waals surface area contributed by atoms with Gasteiger partial charge < -0.3 is 14.1 Å². The Morgan fingerprint density at radius 1 is 1.00 bits per heavy atom. The summed E-state index contributed by atoms with van der Waals surface area (Å²) in [6.07, 6.45) is 9.16. The zero-order valence-corrected chi connectivity index (χ0v) is 17.8. The second-order valence-electron chi connectivity index (χ2n) is 7.54. The van der Waals surface area contributed by atoms with Crippen LogP contribution in [0.25, 0.3) is 11.3 Å². The van der Waals surface area contributed by atoms with E-state index in [-0.39, 0.29) is 5.91 Å². The van der Waals surface area contributed by atoms with Crippen LogP contribution < -0.4 is 5.32 Å². The van der Waals surface area contributed by atoms with Gasteiger partial charge in [-0.05, 0) is 37.6 Å². The van der Waals surface area contributed by atoms with Crippen LogP contribution in [0.1, 0.15) is 33.0 Å². The standard InChI is InChI=1S/C22H20ClN7O/c1-14-3-5-20-27-18(11-28(20)9-14)12-29-10-16(7-25-29)22(31)24-8-17-13-30-15(2)19(23)4-6-21(30)26-17/h3-7,9-11,13H,8,12H2,1-2H3,(H,24,31). The van der Waals surface area contributed by atoms with Gasteiger partial charge in [-0.3, -0.25) is 9.48 Å². The Balaban J connectivity index is 1.26. The van der Waals surface area contributed by atoms with E-state index in [1.54, 1.807) is 17.1 Å². The van der Waals surface area contributed by atoms with Crippen molar-refractivity contribution in [1.82, 2.24) is 33.9 Å². The van der Waals surface area contributed by atoms with E-state index >= 15 is 0 Å². The number of amides is 1. The van der Waals surface area contributed by atoms with Crippen molar-refractivity contribution in [2.75, 3.05) is 0 Å². The highest BCUT2D eigenvalue weighted by atomic mass is 35.5. The molecule has 0 atom stereocenters. The number of halogens is 1. The Morgan fingerprint density at radius 3 is 2.68 bits per heavy atom. The molecule has 0 aliphatic carbocycles. The highest BCUT2D eigenvalue weighted by Crippen LogP contribution is 2.17. The number of aryl methyl sites for hydroxylation is 2. The van der Waals surface area contributed by atoms with Gasteiger partial charge in [0.1, 0.15) is 11.3 Å². The van der Waals surface area contributed by atoms with E-state index in [9.17, 15) is 4.79 Å². The first kappa shape index (κ1) is 19.3. The van der Waals surface area contributed by atoms with Crippen molar-refractivity contribution >= 4 is 28.8 Å². The zero-order chi connectivity index (χ0) is 21.5. The lowest BCUT2D eigenvalue weighted by atomic mass is 10.3. The number of carbonyl (C=O) groups excluding carboxylic acids is 1. The first-order chi connectivity index (χ1) is 15.0. The molecule has 0 bridgehead atoms. The third kappa shape index (κ3) is 3.77. The minimum absolute atomic E-state index is 0.205. The Bertz CT molecular complexity index is 1430. The van der Waals surface area contributed by atoms with Gasteiger partial charge in [-0.1, -0.05) is 17.7 Å². The second-order valence-corrected chi connectivity index (χ2v) is 7.95. The Kier molecular flexibility index (Phi) is 4.71. The average Bonchev–Trinajstić information content (AvgIpc) is 3.47. The molecule has 5 aromatic rings. The molecule has 0 aliphatic heterocycles. The van der Waals surface area contributed by atoms with Crippen LogP contribution in [0.4, 0.5) is 0 Å². The monoisotopic (exact) mass is 433 g/mol. The average molecular weight is 434 g/mol. The number of nitrogens with one attached hydrogen (secondary N) is 1. The van der Waals surface area contributed by atoms with Gasteiger partial charge in [0, 0.05) is 30.5 Å². The molecule has 0 saturated carbocycles. The number of nitrogens with zero attached hydrogens (tertiary/aromatic N) is 6. The maximum atomic E-state index is 12.6. The predicted octanol–water partition coefficient (Wildman–Crippen LogP) is 3.43. The molecule has 31 heavy (non-hydrogen) atoms. The number of rotatable bonds is 5. The molecule has 5 heterocycles. The number of hydrogen-bond acceptors (Lipinski definition) is 4. The van der Waals surface area contributed by atoms with Gasteiger partial charge in [0.2, 0.25) is 0 Å². The van der Waals surface area contributed by atoms with Crippen molar-refractivity contribution in [3.8, 4) is 0 Å². The van der Waals surface area contributed by atoms with E-state index < -0.39 is 0 Å². The van der Waals surface area contributed by atoms with Gasteiger partial charge >= 0.3 is 0 Å². The van der Waals surface area contributed by atoms with Crippen LogP contribution in [-0.4, -0.2) is 34.5 Å². The Morgan fingerprint density at radius 2 is 1.81 bits per heavy atom. The number of carbonyl (C=O) groups is 1. The fourth-order valence-corrected chi connectivity index (χ4v) is 3.69. The van der Waals surface area contributed by atoms with Crippen molar-refractivity contribution in [3.05, 3.63) is 88.5 Å². The molecule has 5 rings (SSSR count). The lowest BCUT2D eigenvalue weighted by Crippen LogP contribution is -2.22. The first-order valence-electron chi connectivity index (χ1n) is 9.84. The van der Waals surface area contributed by atoms with Crippen LogP contribution in [0.3, 0.4) is 0 Å². The smallest absolute Gasteiger partial charge is 0.254 e. The Labute approximate surface area is 183 Å². The summed E-state index contributed by atoms with van der Waals surface area (Å²) in [6.45, 7) is 4.77. The fourth-order valence-electron chi connectivity index (χ4n) is 3.54. The summed E-state index contributed by atoms with van der Waals surface area (Å²) in [7, 11) is 0. The summed E-state index contributed by atoms with van der Waals surface area (Å²) in [4.78, 5) is 21.7. The predicted molar refractivity (Wildman–Crippen MR) is 117 cm³/mol. The summed E-state index contributed by atoms with van der Waals surface area (Å²) in [6, 6.07) is 7.68. The number of hydrogen-bond donors (Lipinski definition) is 1. The van der Waals surface area contributed by atoms with Crippen LogP contribution in [0, 0.1) is 13.8 Å². The van der Waals surface area contributed by atoms with Crippen molar-refractivity contribution in [2.45, 2.75) is 26.9 Å². The molecule has 0 fully saturated rings. The van der Waals surface area contributed by atoms with Gasteiger partial charge in [-0.25, -0.2) is 9.97 Å². The van der Waals surface area contributed by atoms with Gasteiger partial charge in [0.15, 0.2) is 0 Å². The maximum Gasteiger partial charge on any atom is 0.254 e. The first-order valence-corrected chi connectivity index (χ1v) is 10.2. The lowest BCUT2D eigenvalue weighted by molar-refractivity contribution is 0.0950. The topological polar surface area (TPSA) is 81.5 Å². The molecule has 0 spiro atoms. The summed E-state index contributed by atoms with van der Waals surface area (Å²) in [5.74, 6) is -0.205. The third-order valence-electron chi connectivity index (χ3n) is 5.17. The van der Waals surface area contributed by atoms with Crippen LogP contribution >= 0.6 is 11.6 Å². The van der Waals surface area contributed by atoms with Crippen molar-refractivity contribution in [2.24, 2.45) is 0 Å². The molecule has 1 amide bonds. The van der Waals surface area contributed by atoms with Gasteiger partial charge in [0.25, 0.3) is 5.91 Å². The molecule has 0 saturated heterocycles. The molecule has 0 unspecified atom stereocenters. The van der Waals surface area contributed by atoms with Crippen LogP contribution in [0.2, 0.25) is 5.02 Å². The minimum Gasteiger partial charge on any atom is -0.346 e. The molecule has 0 aliphatic rings. The van der Waals surface area contributed by atoms with E-state index in [1.807, 2.05) is 65.5 Å². The van der Waals surface area contributed by atoms with Crippen molar-refractivity contribution in [3.63, 3.8) is 0 Å². The van der Waals surface area contributed by atoms with Crippen LogP contribution in [0.15, 0.2) is 55.2 Å². The van der Waals surface area contributed by atoms with Gasteiger partial charge in [-0.2, -0.15) is 5.10 Å². The summed E-state index contributed by atoms with van der Waals surface area (Å²) >= 11 is 6.16. The summed E-state index contributed by atoms with van der Waals surface area (Å²) in [5.41, 5.74) is 5.87. The molecule has 0 radical (unpaired) electrons. The number of pyridine rings is 2. The van der Waals surface area contributed by atoms with E-state index in [0.717, 1.165) is 28.4 Å². The number of imidazole rings is 2. The lowest BCUT2D eigenvalue weighted by Gasteiger charge is -2.01. The van der Waals surface area contributed by atoms with Crippen molar-refractivity contribution < 1.29 is 4.79 Å². The molecule has 9 heteroatoms. The highest BCUT2D eigenvalue weighted by Gasteiger charge is 2.12. The quantitative estimate of drug-likeness (QED) is 0.460. The fraction of sp³-hybridized carbons (Fsp3) is 0.182. The molecular weight excluding hydrogens is 414 g/mol. The molecule has 8 nitrogen and oxygen atoms in total. The highest BCUT2D eigenvalue weighted by molar-refractivity contribution is 6.31. The molecule has 156 valence electrons. The number of aromatic nitrogens is 6. The molecule has 5 aromatic heterocycles. The SMILES string of the molecule is Cc1ccc2nc(Cn3cc(C(=O)NCc4cn5c(C)c(Cl)ccc5n4)cn3)cn2c1. The maximum absolute atomic E-state index is 12.6. The van der Waals surface area contributed by atoms with Crippen LogP contribution in [-0.2, 0) is 13.1 Å². The zero-order valence-electron chi connectivity index (χ0n) is 17.1. The normalized spacial score (nSPS) is 11.5. The largest absolute Gasteiger partial charge is 0.346 e. The molecule has 0 aromatic carbocycles. The van der Waals surface area contributed by atoms with E-state index in [0.29, 0.717) is 23.7 Å². The second kappa shape index (κ2) is 7.55. The van der Waals surface area contributed by atoms with Gasteiger partial charge in [-0.15, -0.1) is 0 Å². The van der Waals surface area contributed by atoms with E-state index in [1.165, 1.54) is 5.56 Å². The van der Waals surface area contributed by atoms with Crippen LogP contribution in [0.5, 0.6) is 0 Å². The Hall–Kier alpha value is -3.65. The van der Waals surface area contributed by atoms with E-state index in [4.69, 9.17) is 11.6 Å². The summed E-state index contributed by atoms with van der Waals surface area (Å²) < 4.78 is 5.61. The summed E-state index contributed by atoms with van der Waals surface area (Å²) in [5, 5.41) is 7.87. The van der Waals surface area contributed by atoms with Gasteiger partial charge in [0.05, 0.1) is 41.3 Å².